The van der Waals surface area contributed by atoms with E-state index in [9.17, 15) is 22.8 Å². The van der Waals surface area contributed by atoms with Crippen molar-refractivity contribution < 1.29 is 18.0 Å². The number of carbonyl (C=O) groups excluding carboxylic acids is 1. The van der Waals surface area contributed by atoms with E-state index in [4.69, 9.17) is 0 Å². The van der Waals surface area contributed by atoms with Gasteiger partial charge in [0.05, 0.1) is 24.0 Å². The van der Waals surface area contributed by atoms with Gasteiger partial charge in [-0.2, -0.15) is 18.3 Å². The van der Waals surface area contributed by atoms with Crippen LogP contribution in [0.15, 0.2) is 83.7 Å². The monoisotopic (exact) mass is 461 g/mol. The number of hydrogen-bond donors (Lipinski definition) is 1. The van der Waals surface area contributed by atoms with Gasteiger partial charge in [0.25, 0.3) is 11.5 Å². The average Bonchev–Trinajstić information content (AvgIpc) is 2.84. The van der Waals surface area contributed by atoms with E-state index in [1.165, 1.54) is 16.8 Å². The Morgan fingerprint density at radius 2 is 1.65 bits per heavy atom. The highest BCUT2D eigenvalue weighted by molar-refractivity contribution is 6.04. The molecule has 1 heterocycles. The number of rotatable bonds is 4. The molecule has 0 aliphatic heterocycles. The van der Waals surface area contributed by atoms with E-state index in [1.807, 2.05) is 30.3 Å². The summed E-state index contributed by atoms with van der Waals surface area (Å²) in [6.07, 6.45) is -4.46. The first-order chi connectivity index (χ1) is 16.3. The Labute approximate surface area is 192 Å². The number of halogens is 3. The molecule has 0 fully saturated rings. The fourth-order valence-corrected chi connectivity index (χ4v) is 3.39. The maximum absolute atomic E-state index is 12.9. The van der Waals surface area contributed by atoms with Crippen LogP contribution in [0.1, 0.15) is 27.2 Å². The van der Waals surface area contributed by atoms with E-state index < -0.39 is 17.6 Å². The standard InChI is InChI=1S/C26H18F3N3O2/c27-26(28,29)20-12-6-10-18(16-20)11-7-15-30-24(33)23-21-13-4-5-14-22(21)25(34)32(31-23)17-19-8-2-1-3-9-19/h1-6,8-10,12-14,16H,15,17H2,(H,30,33). The van der Waals surface area contributed by atoms with Crippen LogP contribution < -0.4 is 10.9 Å². The van der Waals surface area contributed by atoms with Crippen molar-refractivity contribution >= 4 is 16.7 Å². The summed E-state index contributed by atoms with van der Waals surface area (Å²) < 4.78 is 39.8. The van der Waals surface area contributed by atoms with Crippen molar-refractivity contribution in [3.05, 3.63) is 112 Å². The first kappa shape index (κ1) is 22.8. The van der Waals surface area contributed by atoms with Gasteiger partial charge in [0, 0.05) is 10.9 Å². The number of aromatic nitrogens is 2. The fourth-order valence-electron chi connectivity index (χ4n) is 3.39. The summed E-state index contributed by atoms with van der Waals surface area (Å²) in [5.41, 5.74) is -0.0122. The molecule has 0 saturated heterocycles. The van der Waals surface area contributed by atoms with Crippen LogP contribution in [0.5, 0.6) is 0 Å². The zero-order chi connectivity index (χ0) is 24.1. The molecule has 170 valence electrons. The second-order valence-corrected chi connectivity index (χ2v) is 7.41. The van der Waals surface area contributed by atoms with Gasteiger partial charge >= 0.3 is 6.18 Å². The van der Waals surface area contributed by atoms with Crippen molar-refractivity contribution in [1.82, 2.24) is 15.1 Å². The Kier molecular flexibility index (Phi) is 6.46. The van der Waals surface area contributed by atoms with Crippen LogP contribution in [-0.2, 0) is 12.7 Å². The summed E-state index contributed by atoms with van der Waals surface area (Å²) >= 11 is 0. The van der Waals surface area contributed by atoms with E-state index in [0.717, 1.165) is 17.7 Å². The molecular weight excluding hydrogens is 443 g/mol. The second-order valence-electron chi connectivity index (χ2n) is 7.41. The van der Waals surface area contributed by atoms with Crippen LogP contribution in [-0.4, -0.2) is 22.2 Å². The Bertz CT molecular complexity index is 1470. The topological polar surface area (TPSA) is 64.0 Å². The number of carbonyl (C=O) groups is 1. The van der Waals surface area contributed by atoms with Crippen LogP contribution in [0.2, 0.25) is 0 Å². The first-order valence-electron chi connectivity index (χ1n) is 10.3. The van der Waals surface area contributed by atoms with Gasteiger partial charge in [-0.3, -0.25) is 9.59 Å². The molecule has 4 rings (SSSR count). The summed E-state index contributed by atoms with van der Waals surface area (Å²) in [6, 6.07) is 20.6. The SMILES string of the molecule is O=C(NCC#Cc1cccc(C(F)(F)F)c1)c1nn(Cc2ccccc2)c(=O)c2ccccc12. The van der Waals surface area contributed by atoms with Gasteiger partial charge in [0.15, 0.2) is 5.69 Å². The van der Waals surface area contributed by atoms with Gasteiger partial charge in [-0.05, 0) is 29.8 Å². The zero-order valence-corrected chi connectivity index (χ0v) is 17.8. The molecule has 0 atom stereocenters. The van der Waals surface area contributed by atoms with Crippen molar-refractivity contribution in [3.63, 3.8) is 0 Å². The number of amides is 1. The molecule has 0 radical (unpaired) electrons. The Hall–Kier alpha value is -4.38. The molecule has 1 N–H and O–H groups in total. The minimum absolute atomic E-state index is 0.0620. The predicted molar refractivity (Wildman–Crippen MR) is 122 cm³/mol. The quantitative estimate of drug-likeness (QED) is 0.463. The van der Waals surface area contributed by atoms with E-state index in [0.29, 0.717) is 10.8 Å². The molecule has 1 amide bonds. The molecule has 1 aromatic heterocycles. The number of fused-ring (bicyclic) bond motifs is 1. The molecule has 0 bridgehead atoms. The van der Waals surface area contributed by atoms with Gasteiger partial charge < -0.3 is 5.32 Å². The van der Waals surface area contributed by atoms with E-state index in [2.05, 4.69) is 22.3 Å². The Morgan fingerprint density at radius 1 is 0.941 bits per heavy atom. The molecule has 0 spiro atoms. The van der Waals surface area contributed by atoms with Crippen molar-refractivity contribution in [1.29, 1.82) is 0 Å². The largest absolute Gasteiger partial charge is 0.416 e. The Morgan fingerprint density at radius 3 is 2.38 bits per heavy atom. The molecule has 0 saturated carbocycles. The fraction of sp³-hybridized carbons (Fsp3) is 0.115. The van der Waals surface area contributed by atoms with E-state index >= 15 is 0 Å². The lowest BCUT2D eigenvalue weighted by molar-refractivity contribution is -0.137. The van der Waals surface area contributed by atoms with Gasteiger partial charge in [-0.25, -0.2) is 4.68 Å². The number of hydrogen-bond acceptors (Lipinski definition) is 3. The summed E-state index contributed by atoms with van der Waals surface area (Å²) in [5.74, 6) is 4.72. The Balaban J connectivity index is 1.57. The highest BCUT2D eigenvalue weighted by atomic mass is 19.4. The summed E-state index contributed by atoms with van der Waals surface area (Å²) in [5, 5.41) is 7.65. The lowest BCUT2D eigenvalue weighted by Gasteiger charge is -2.11. The third-order valence-electron chi connectivity index (χ3n) is 5.02. The van der Waals surface area contributed by atoms with Crippen LogP contribution in [0, 0.1) is 11.8 Å². The molecule has 0 unspecified atom stereocenters. The van der Waals surface area contributed by atoms with Gasteiger partial charge in [-0.1, -0.05) is 66.4 Å². The predicted octanol–water partition coefficient (Wildman–Crippen LogP) is 4.25. The van der Waals surface area contributed by atoms with E-state index in [1.54, 1.807) is 24.3 Å². The maximum Gasteiger partial charge on any atom is 0.416 e. The van der Waals surface area contributed by atoms with Crippen LogP contribution >= 0.6 is 0 Å². The number of nitrogens with one attached hydrogen (secondary N) is 1. The number of benzene rings is 3. The molecule has 0 aliphatic rings. The smallest absolute Gasteiger partial charge is 0.340 e. The molecule has 5 nitrogen and oxygen atoms in total. The minimum Gasteiger partial charge on any atom is -0.340 e. The zero-order valence-electron chi connectivity index (χ0n) is 17.8. The lowest BCUT2D eigenvalue weighted by atomic mass is 10.1. The van der Waals surface area contributed by atoms with E-state index in [-0.39, 0.29) is 29.9 Å². The molecular formula is C26H18F3N3O2. The van der Waals surface area contributed by atoms with Gasteiger partial charge in [0.1, 0.15) is 0 Å². The van der Waals surface area contributed by atoms with Gasteiger partial charge in [-0.15, -0.1) is 0 Å². The molecule has 8 heteroatoms. The normalized spacial score (nSPS) is 11.0. The van der Waals surface area contributed by atoms with Crippen molar-refractivity contribution in [2.75, 3.05) is 6.54 Å². The highest BCUT2D eigenvalue weighted by Crippen LogP contribution is 2.29. The lowest BCUT2D eigenvalue weighted by Crippen LogP contribution is -2.31. The average molecular weight is 461 g/mol. The summed E-state index contributed by atoms with van der Waals surface area (Å²) in [7, 11) is 0. The first-order valence-corrected chi connectivity index (χ1v) is 10.3. The van der Waals surface area contributed by atoms with Gasteiger partial charge in [0.2, 0.25) is 0 Å². The summed E-state index contributed by atoms with van der Waals surface area (Å²) in [4.78, 5) is 25.8. The molecule has 4 aromatic rings. The maximum atomic E-state index is 12.9. The third kappa shape index (κ3) is 5.15. The van der Waals surface area contributed by atoms with Crippen molar-refractivity contribution in [3.8, 4) is 11.8 Å². The number of alkyl halides is 3. The van der Waals surface area contributed by atoms with Crippen molar-refractivity contribution in [2.45, 2.75) is 12.7 Å². The third-order valence-corrected chi connectivity index (χ3v) is 5.02. The van der Waals surface area contributed by atoms with Crippen LogP contribution in [0.25, 0.3) is 10.8 Å². The second kappa shape index (κ2) is 9.63. The van der Waals surface area contributed by atoms with Crippen LogP contribution in [0.4, 0.5) is 13.2 Å². The highest BCUT2D eigenvalue weighted by Gasteiger charge is 2.30. The molecule has 34 heavy (non-hydrogen) atoms. The summed E-state index contributed by atoms with van der Waals surface area (Å²) in [6.45, 7) is 0.0863. The number of nitrogens with zero attached hydrogens (tertiary/aromatic N) is 2. The van der Waals surface area contributed by atoms with Crippen LogP contribution in [0.3, 0.4) is 0 Å². The molecule has 0 aliphatic carbocycles. The molecule has 3 aromatic carbocycles. The van der Waals surface area contributed by atoms with Crippen molar-refractivity contribution in [2.24, 2.45) is 0 Å². The minimum atomic E-state index is -4.46.